The highest BCUT2D eigenvalue weighted by atomic mass is 32.2. The second-order valence-electron chi connectivity index (χ2n) is 7.11. The van der Waals surface area contributed by atoms with E-state index in [0.717, 1.165) is 19.3 Å². The van der Waals surface area contributed by atoms with Gasteiger partial charge in [0.15, 0.2) is 22.5 Å². The Bertz CT molecular complexity index is 934. The second kappa shape index (κ2) is 10.3. The van der Waals surface area contributed by atoms with Crippen molar-refractivity contribution in [3.05, 3.63) is 48.6 Å². The fraction of sp³-hybridized carbons (Fsp3) is 0.429. The minimum Gasteiger partial charge on any atom is -0.483 e. The number of benzene rings is 1. The predicted octanol–water partition coefficient (Wildman–Crippen LogP) is 3.62. The van der Waals surface area contributed by atoms with E-state index in [4.69, 9.17) is 4.74 Å². The molecule has 1 fully saturated rings. The largest absolute Gasteiger partial charge is 0.483 e. The number of hydrogen-bond acceptors (Lipinski definition) is 6. The first-order chi connectivity index (χ1) is 14.6. The van der Waals surface area contributed by atoms with E-state index in [0.29, 0.717) is 30.4 Å². The third-order valence-corrected chi connectivity index (χ3v) is 5.90. The number of nitriles is 1. The van der Waals surface area contributed by atoms with Gasteiger partial charge in [0.2, 0.25) is 5.91 Å². The van der Waals surface area contributed by atoms with Crippen LogP contribution < -0.4 is 10.1 Å². The van der Waals surface area contributed by atoms with Crippen molar-refractivity contribution < 1.29 is 13.9 Å². The highest BCUT2D eigenvalue weighted by molar-refractivity contribution is 7.99. The standard InChI is InChI=1S/C21H24FN5O2S/c1-2-12-27-18(13-29-17-9-5-4-8-16(17)22)25-26-20(27)30-14-19(28)24-21(15-23)10-6-3-7-11-21/h2,4-5,8-9H,1,3,6-7,10-14H2,(H,24,28). The first-order valence-electron chi connectivity index (χ1n) is 9.82. The Balaban J connectivity index is 1.61. The van der Waals surface area contributed by atoms with E-state index in [-0.39, 0.29) is 24.0 Å². The van der Waals surface area contributed by atoms with Crippen molar-refractivity contribution >= 4 is 17.7 Å². The van der Waals surface area contributed by atoms with Crippen LogP contribution in [0.5, 0.6) is 5.75 Å². The van der Waals surface area contributed by atoms with Crippen LogP contribution >= 0.6 is 11.8 Å². The lowest BCUT2D eigenvalue weighted by Crippen LogP contribution is -2.49. The number of nitrogens with one attached hydrogen (secondary N) is 1. The number of halogens is 1. The molecule has 0 unspecified atom stereocenters. The van der Waals surface area contributed by atoms with E-state index in [1.807, 2.05) is 0 Å². The smallest absolute Gasteiger partial charge is 0.231 e. The average Bonchev–Trinajstić information content (AvgIpc) is 3.14. The summed E-state index contributed by atoms with van der Waals surface area (Å²) in [6, 6.07) is 8.43. The van der Waals surface area contributed by atoms with Gasteiger partial charge in [0, 0.05) is 6.54 Å². The maximum Gasteiger partial charge on any atom is 0.231 e. The Kier molecular flexibility index (Phi) is 7.46. The van der Waals surface area contributed by atoms with Crippen LogP contribution in [0.15, 0.2) is 42.1 Å². The van der Waals surface area contributed by atoms with Crippen molar-refractivity contribution in [2.75, 3.05) is 5.75 Å². The van der Waals surface area contributed by atoms with Gasteiger partial charge in [-0.2, -0.15) is 5.26 Å². The van der Waals surface area contributed by atoms with Gasteiger partial charge in [-0.3, -0.25) is 9.36 Å². The zero-order valence-corrected chi connectivity index (χ0v) is 17.5. The second-order valence-corrected chi connectivity index (χ2v) is 8.05. The van der Waals surface area contributed by atoms with E-state index in [2.05, 4.69) is 28.2 Å². The average molecular weight is 430 g/mol. The van der Waals surface area contributed by atoms with Gasteiger partial charge in [0.25, 0.3) is 0 Å². The SMILES string of the molecule is C=CCn1c(COc2ccccc2F)nnc1SCC(=O)NC1(C#N)CCCCC1. The Morgan fingerprint density at radius 2 is 2.13 bits per heavy atom. The number of carbonyl (C=O) groups is 1. The molecule has 1 aromatic carbocycles. The fourth-order valence-electron chi connectivity index (χ4n) is 3.40. The van der Waals surface area contributed by atoms with Crippen molar-refractivity contribution in [1.29, 1.82) is 5.26 Å². The number of hydrogen-bond donors (Lipinski definition) is 1. The number of carbonyl (C=O) groups excluding carboxylic acids is 1. The van der Waals surface area contributed by atoms with Gasteiger partial charge >= 0.3 is 0 Å². The molecule has 2 aromatic rings. The summed E-state index contributed by atoms with van der Waals surface area (Å²) in [4.78, 5) is 12.4. The van der Waals surface area contributed by atoms with E-state index in [9.17, 15) is 14.4 Å². The van der Waals surface area contributed by atoms with Crippen molar-refractivity contribution in [1.82, 2.24) is 20.1 Å². The molecular weight excluding hydrogens is 405 g/mol. The summed E-state index contributed by atoms with van der Waals surface area (Å²) in [6.07, 6.45) is 6.04. The normalized spacial score (nSPS) is 15.2. The maximum atomic E-state index is 13.8. The molecule has 0 radical (unpaired) electrons. The Labute approximate surface area is 179 Å². The summed E-state index contributed by atoms with van der Waals surface area (Å²) in [5.74, 6) is 0.0937. The molecule has 0 atom stereocenters. The van der Waals surface area contributed by atoms with Crippen LogP contribution in [-0.4, -0.2) is 32.0 Å². The fourth-order valence-corrected chi connectivity index (χ4v) is 4.17. The number of amides is 1. The van der Waals surface area contributed by atoms with E-state index < -0.39 is 11.4 Å². The van der Waals surface area contributed by atoms with E-state index in [1.165, 1.54) is 17.8 Å². The minimum absolute atomic E-state index is 0.0338. The minimum atomic E-state index is -0.760. The topological polar surface area (TPSA) is 92.8 Å². The number of allylic oxidation sites excluding steroid dienone is 1. The Hall–Kier alpha value is -2.86. The number of thioether (sulfide) groups is 1. The highest BCUT2D eigenvalue weighted by Crippen LogP contribution is 2.28. The highest BCUT2D eigenvalue weighted by Gasteiger charge is 2.33. The first kappa shape index (κ1) is 21.8. The van der Waals surface area contributed by atoms with Crippen LogP contribution in [0.4, 0.5) is 4.39 Å². The number of nitrogens with zero attached hydrogens (tertiary/aromatic N) is 4. The molecule has 1 aliphatic rings. The molecule has 0 bridgehead atoms. The summed E-state index contributed by atoms with van der Waals surface area (Å²) < 4.78 is 21.0. The Morgan fingerprint density at radius 1 is 1.37 bits per heavy atom. The molecule has 158 valence electrons. The van der Waals surface area contributed by atoms with Crippen LogP contribution in [0.25, 0.3) is 0 Å². The van der Waals surface area contributed by atoms with Gasteiger partial charge in [0.05, 0.1) is 11.8 Å². The zero-order chi connectivity index (χ0) is 21.4. The number of para-hydroxylation sites is 1. The van der Waals surface area contributed by atoms with Crippen LogP contribution in [0.2, 0.25) is 0 Å². The lowest BCUT2D eigenvalue weighted by molar-refractivity contribution is -0.120. The molecule has 3 rings (SSSR count). The molecular formula is C21H24FN5O2S. The van der Waals surface area contributed by atoms with Crippen molar-refractivity contribution in [3.8, 4) is 11.8 Å². The molecule has 1 heterocycles. The zero-order valence-electron chi connectivity index (χ0n) is 16.6. The number of rotatable bonds is 9. The van der Waals surface area contributed by atoms with E-state index >= 15 is 0 Å². The van der Waals surface area contributed by atoms with Crippen molar-refractivity contribution in [2.24, 2.45) is 0 Å². The predicted molar refractivity (Wildman–Crippen MR) is 111 cm³/mol. The van der Waals surface area contributed by atoms with Crippen LogP contribution in [0, 0.1) is 17.1 Å². The number of aromatic nitrogens is 3. The summed E-state index contributed by atoms with van der Waals surface area (Å²) in [5, 5.41) is 21.2. The molecule has 0 saturated heterocycles. The van der Waals surface area contributed by atoms with Crippen LogP contribution in [-0.2, 0) is 17.9 Å². The molecule has 1 aromatic heterocycles. The van der Waals surface area contributed by atoms with Gasteiger partial charge in [-0.15, -0.1) is 16.8 Å². The lowest BCUT2D eigenvalue weighted by Gasteiger charge is -2.31. The van der Waals surface area contributed by atoms with E-state index in [1.54, 1.807) is 28.8 Å². The Morgan fingerprint density at radius 3 is 2.83 bits per heavy atom. The lowest BCUT2D eigenvalue weighted by atomic mass is 9.83. The van der Waals surface area contributed by atoms with Gasteiger partial charge < -0.3 is 10.1 Å². The molecule has 9 heteroatoms. The summed E-state index contributed by atoms with van der Waals surface area (Å²) in [6.45, 7) is 4.20. The molecule has 1 aliphatic carbocycles. The van der Waals surface area contributed by atoms with Gasteiger partial charge in [-0.1, -0.05) is 49.2 Å². The van der Waals surface area contributed by atoms with Gasteiger partial charge in [-0.25, -0.2) is 4.39 Å². The van der Waals surface area contributed by atoms with Crippen LogP contribution in [0.3, 0.4) is 0 Å². The molecule has 0 aliphatic heterocycles. The monoisotopic (exact) mass is 429 g/mol. The quantitative estimate of drug-likeness (QED) is 0.483. The van der Waals surface area contributed by atoms with Gasteiger partial charge in [0.1, 0.15) is 12.1 Å². The number of ether oxygens (including phenoxy) is 1. The summed E-state index contributed by atoms with van der Waals surface area (Å²) in [7, 11) is 0. The molecule has 30 heavy (non-hydrogen) atoms. The molecule has 0 spiro atoms. The third-order valence-electron chi connectivity index (χ3n) is 4.93. The summed E-state index contributed by atoms with van der Waals surface area (Å²) in [5.41, 5.74) is -0.760. The van der Waals surface area contributed by atoms with Crippen LogP contribution in [0.1, 0.15) is 37.9 Å². The molecule has 1 saturated carbocycles. The maximum absolute atomic E-state index is 13.8. The first-order valence-corrected chi connectivity index (χ1v) is 10.8. The molecule has 1 N–H and O–H groups in total. The third kappa shape index (κ3) is 5.39. The van der Waals surface area contributed by atoms with Crippen molar-refractivity contribution in [2.45, 2.75) is 56.0 Å². The molecule has 1 amide bonds. The summed E-state index contributed by atoms with van der Waals surface area (Å²) >= 11 is 1.23. The molecule has 7 nitrogen and oxygen atoms in total. The van der Waals surface area contributed by atoms with Gasteiger partial charge in [-0.05, 0) is 25.0 Å². The van der Waals surface area contributed by atoms with Crippen molar-refractivity contribution in [3.63, 3.8) is 0 Å².